The summed E-state index contributed by atoms with van der Waals surface area (Å²) in [6.45, 7) is 7.40. The molecule has 5 heteroatoms. The number of H-pyrrole nitrogens is 1. The smallest absolute Gasteiger partial charge is 0.161 e. The molecule has 1 aliphatic rings. The van der Waals surface area contributed by atoms with E-state index in [-0.39, 0.29) is 0 Å². The number of rotatable bonds is 6. The first kappa shape index (κ1) is 15.9. The molecule has 2 aromatic rings. The maximum atomic E-state index is 5.78. The van der Waals surface area contributed by atoms with Gasteiger partial charge in [-0.05, 0) is 38.6 Å². The van der Waals surface area contributed by atoms with E-state index in [9.17, 15) is 0 Å². The second kappa shape index (κ2) is 7.04. The minimum absolute atomic E-state index is 0.618. The average Bonchev–Trinajstić information content (AvgIpc) is 2.97. The lowest BCUT2D eigenvalue weighted by Gasteiger charge is -2.22. The summed E-state index contributed by atoms with van der Waals surface area (Å²) in [4.78, 5) is 2.32. The van der Waals surface area contributed by atoms with Crippen LogP contribution in [0.1, 0.15) is 31.5 Å². The number of hydrogen-bond acceptors (Lipinski definition) is 4. The molecule has 0 fully saturated rings. The van der Waals surface area contributed by atoms with E-state index < -0.39 is 0 Å². The average molecular weight is 315 g/mol. The van der Waals surface area contributed by atoms with Crippen molar-refractivity contribution < 1.29 is 9.47 Å². The van der Waals surface area contributed by atoms with Crippen molar-refractivity contribution in [1.82, 2.24) is 15.1 Å². The summed E-state index contributed by atoms with van der Waals surface area (Å²) in [5.74, 6) is 1.60. The van der Waals surface area contributed by atoms with Crippen LogP contribution in [0.15, 0.2) is 18.2 Å². The van der Waals surface area contributed by atoms with Crippen LogP contribution < -0.4 is 9.47 Å². The van der Waals surface area contributed by atoms with Gasteiger partial charge in [-0.25, -0.2) is 0 Å². The molecule has 0 spiro atoms. The molecule has 1 aromatic heterocycles. The molecular weight excluding hydrogens is 290 g/mol. The van der Waals surface area contributed by atoms with Gasteiger partial charge in [0.15, 0.2) is 11.5 Å². The Morgan fingerprint density at radius 3 is 2.87 bits per heavy atom. The number of nitrogens with one attached hydrogen (secondary N) is 1. The third-order valence-corrected chi connectivity index (χ3v) is 4.10. The minimum Gasteiger partial charge on any atom is -0.490 e. The number of ether oxygens (including phenoxy) is 2. The zero-order chi connectivity index (χ0) is 16.2. The zero-order valence-electron chi connectivity index (χ0n) is 14.2. The van der Waals surface area contributed by atoms with Crippen LogP contribution in [0, 0.1) is 0 Å². The van der Waals surface area contributed by atoms with Gasteiger partial charge < -0.3 is 14.4 Å². The van der Waals surface area contributed by atoms with E-state index >= 15 is 0 Å². The zero-order valence-corrected chi connectivity index (χ0v) is 14.2. The van der Waals surface area contributed by atoms with Crippen molar-refractivity contribution in [3.63, 3.8) is 0 Å². The van der Waals surface area contributed by atoms with E-state index in [4.69, 9.17) is 9.47 Å². The Labute approximate surface area is 137 Å². The number of aromatic nitrogens is 2. The highest BCUT2D eigenvalue weighted by Gasteiger charge is 2.21. The minimum atomic E-state index is 0.618. The monoisotopic (exact) mass is 315 g/mol. The molecule has 23 heavy (non-hydrogen) atoms. The molecule has 1 aromatic carbocycles. The van der Waals surface area contributed by atoms with Crippen LogP contribution in [-0.4, -0.2) is 41.9 Å². The van der Waals surface area contributed by atoms with Crippen molar-refractivity contribution in [2.75, 3.05) is 26.8 Å². The van der Waals surface area contributed by atoms with Crippen LogP contribution in [0.2, 0.25) is 0 Å². The first-order valence-electron chi connectivity index (χ1n) is 8.37. The number of benzene rings is 1. The van der Waals surface area contributed by atoms with Crippen molar-refractivity contribution in [2.45, 2.75) is 33.2 Å². The fraction of sp³-hybridized carbons (Fsp3) is 0.500. The SMILES string of the molecule is CCCOc1ccc(-c2n[nH]c3c2CN(C)CC3)cc1OCC. The summed E-state index contributed by atoms with van der Waals surface area (Å²) in [6.07, 6.45) is 2.00. The van der Waals surface area contributed by atoms with Crippen molar-refractivity contribution in [3.8, 4) is 22.8 Å². The van der Waals surface area contributed by atoms with Crippen LogP contribution in [-0.2, 0) is 13.0 Å². The molecule has 0 saturated heterocycles. The number of hydrogen-bond donors (Lipinski definition) is 1. The number of likely N-dealkylation sites (N-methyl/N-ethyl adjacent to an activating group) is 1. The van der Waals surface area contributed by atoms with Crippen molar-refractivity contribution in [1.29, 1.82) is 0 Å². The van der Waals surface area contributed by atoms with E-state index in [0.29, 0.717) is 13.2 Å². The van der Waals surface area contributed by atoms with Gasteiger partial charge in [-0.1, -0.05) is 6.92 Å². The summed E-state index contributed by atoms with van der Waals surface area (Å²) in [5, 5.41) is 7.74. The van der Waals surface area contributed by atoms with Crippen LogP contribution in [0.3, 0.4) is 0 Å². The van der Waals surface area contributed by atoms with Crippen molar-refractivity contribution in [3.05, 3.63) is 29.5 Å². The van der Waals surface area contributed by atoms with Gasteiger partial charge in [-0.2, -0.15) is 5.10 Å². The van der Waals surface area contributed by atoms with Gasteiger partial charge in [0.05, 0.1) is 18.9 Å². The van der Waals surface area contributed by atoms with Gasteiger partial charge in [-0.15, -0.1) is 0 Å². The third-order valence-electron chi connectivity index (χ3n) is 4.10. The molecule has 3 rings (SSSR count). The molecule has 0 radical (unpaired) electrons. The van der Waals surface area contributed by atoms with Crippen molar-refractivity contribution >= 4 is 0 Å². The molecular formula is C18H25N3O2. The predicted octanol–water partition coefficient (Wildman–Crippen LogP) is 3.25. The Kier molecular flexibility index (Phi) is 4.86. The Hall–Kier alpha value is -2.01. The molecule has 0 aliphatic carbocycles. The summed E-state index contributed by atoms with van der Waals surface area (Å²) < 4.78 is 11.5. The maximum Gasteiger partial charge on any atom is 0.161 e. The molecule has 5 nitrogen and oxygen atoms in total. The number of fused-ring (bicyclic) bond motifs is 1. The lowest BCUT2D eigenvalue weighted by molar-refractivity contribution is 0.277. The van der Waals surface area contributed by atoms with Gasteiger partial charge in [-0.3, -0.25) is 5.10 Å². The topological polar surface area (TPSA) is 50.4 Å². The maximum absolute atomic E-state index is 5.78. The molecule has 1 N–H and O–H groups in total. The lowest BCUT2D eigenvalue weighted by atomic mass is 10.0. The van der Waals surface area contributed by atoms with E-state index in [0.717, 1.165) is 48.7 Å². The normalized spacial score (nSPS) is 14.6. The van der Waals surface area contributed by atoms with E-state index in [1.54, 1.807) is 0 Å². The van der Waals surface area contributed by atoms with Gasteiger partial charge in [0.25, 0.3) is 0 Å². The van der Waals surface area contributed by atoms with Crippen LogP contribution in [0.5, 0.6) is 11.5 Å². The molecule has 0 amide bonds. The van der Waals surface area contributed by atoms with E-state index in [2.05, 4.69) is 35.1 Å². The highest BCUT2D eigenvalue weighted by molar-refractivity contribution is 5.68. The molecule has 2 heterocycles. The number of nitrogens with zero attached hydrogens (tertiary/aromatic N) is 2. The Bertz CT molecular complexity index is 666. The van der Waals surface area contributed by atoms with E-state index in [1.807, 2.05) is 19.1 Å². The highest BCUT2D eigenvalue weighted by Crippen LogP contribution is 2.35. The summed E-state index contributed by atoms with van der Waals surface area (Å²) in [6, 6.07) is 6.10. The Morgan fingerprint density at radius 1 is 1.22 bits per heavy atom. The molecule has 0 saturated carbocycles. The summed E-state index contributed by atoms with van der Waals surface area (Å²) in [5.41, 5.74) is 4.64. The van der Waals surface area contributed by atoms with Crippen molar-refractivity contribution in [2.24, 2.45) is 0 Å². The first-order chi connectivity index (χ1) is 11.2. The molecule has 0 atom stereocenters. The van der Waals surface area contributed by atoms with E-state index in [1.165, 1.54) is 11.3 Å². The van der Waals surface area contributed by atoms with Gasteiger partial charge in [0, 0.05) is 36.3 Å². The summed E-state index contributed by atoms with van der Waals surface area (Å²) in [7, 11) is 2.15. The highest BCUT2D eigenvalue weighted by atomic mass is 16.5. The Morgan fingerprint density at radius 2 is 2.09 bits per heavy atom. The molecule has 0 bridgehead atoms. The van der Waals surface area contributed by atoms with Gasteiger partial charge in [0.1, 0.15) is 0 Å². The first-order valence-corrected chi connectivity index (χ1v) is 8.37. The standard InChI is InChI=1S/C18H25N3O2/c1-4-10-23-16-7-6-13(11-17(16)22-5-2)18-14-12-21(3)9-8-15(14)19-20-18/h6-7,11H,4-5,8-10,12H2,1-3H3,(H,19,20). The number of aromatic amines is 1. The molecule has 1 aliphatic heterocycles. The van der Waals surface area contributed by atoms with Gasteiger partial charge in [0.2, 0.25) is 0 Å². The summed E-state index contributed by atoms with van der Waals surface area (Å²) >= 11 is 0. The fourth-order valence-corrected chi connectivity index (χ4v) is 2.92. The third kappa shape index (κ3) is 3.34. The molecule has 124 valence electrons. The second-order valence-corrected chi connectivity index (χ2v) is 5.96. The quantitative estimate of drug-likeness (QED) is 0.889. The fourth-order valence-electron chi connectivity index (χ4n) is 2.92. The Balaban J connectivity index is 1.94. The largest absolute Gasteiger partial charge is 0.490 e. The van der Waals surface area contributed by atoms with Crippen LogP contribution in [0.25, 0.3) is 11.3 Å². The van der Waals surface area contributed by atoms with Crippen LogP contribution in [0.4, 0.5) is 0 Å². The van der Waals surface area contributed by atoms with Crippen LogP contribution >= 0.6 is 0 Å². The van der Waals surface area contributed by atoms with Gasteiger partial charge >= 0.3 is 0 Å². The lowest BCUT2D eigenvalue weighted by Crippen LogP contribution is -2.26. The second-order valence-electron chi connectivity index (χ2n) is 5.96. The molecule has 0 unspecified atom stereocenters. The predicted molar refractivity (Wildman–Crippen MR) is 91.0 cm³/mol.